The number of pyridine rings is 1. The van der Waals surface area contributed by atoms with Crippen molar-refractivity contribution in [2.45, 2.75) is 6.67 Å². The molecule has 1 aliphatic rings. The van der Waals surface area contributed by atoms with Crippen LogP contribution in [0.3, 0.4) is 0 Å². The molecule has 0 N–H and O–H groups in total. The van der Waals surface area contributed by atoms with Crippen LogP contribution in [-0.2, 0) is 6.67 Å². The van der Waals surface area contributed by atoms with Gasteiger partial charge in [0.25, 0.3) is 4.84 Å². The van der Waals surface area contributed by atoms with Crippen molar-refractivity contribution in [1.29, 1.82) is 0 Å². The van der Waals surface area contributed by atoms with Crippen LogP contribution in [0.1, 0.15) is 0 Å². The lowest BCUT2D eigenvalue weighted by molar-refractivity contribution is 0.204. The minimum absolute atomic E-state index is 0.540. The average Bonchev–Trinajstić information content (AvgIpc) is 2.92. The Balaban J connectivity index is 1.47. The van der Waals surface area contributed by atoms with Crippen LogP contribution in [0.2, 0.25) is 0 Å². The van der Waals surface area contributed by atoms with Gasteiger partial charge in [0.05, 0.1) is 12.2 Å². The number of hydrogen-bond donors (Lipinski definition) is 0. The van der Waals surface area contributed by atoms with Gasteiger partial charge >= 0.3 is 0 Å². The first-order chi connectivity index (χ1) is 11.3. The van der Waals surface area contributed by atoms with E-state index in [9.17, 15) is 0 Å². The average molecular weight is 326 g/mol. The molecule has 1 aliphatic heterocycles. The van der Waals surface area contributed by atoms with E-state index in [0.29, 0.717) is 4.84 Å². The highest BCUT2D eigenvalue weighted by molar-refractivity contribution is 7.71. The zero-order chi connectivity index (χ0) is 15.6. The van der Waals surface area contributed by atoms with Crippen LogP contribution in [0, 0.1) is 4.84 Å². The molecule has 118 valence electrons. The molecule has 3 heterocycles. The van der Waals surface area contributed by atoms with Gasteiger partial charge in [-0.3, -0.25) is 9.47 Å². The van der Waals surface area contributed by atoms with Gasteiger partial charge in [-0.1, -0.05) is 18.2 Å². The van der Waals surface area contributed by atoms with Crippen LogP contribution >= 0.6 is 12.2 Å². The van der Waals surface area contributed by atoms with Crippen molar-refractivity contribution in [2.24, 2.45) is 0 Å². The molecule has 1 fully saturated rings. The number of hydrogen-bond acceptors (Lipinski definition) is 5. The van der Waals surface area contributed by atoms with E-state index < -0.39 is 0 Å². The fraction of sp³-hybridized carbons (Fsp3) is 0.294. The molecule has 0 saturated carbocycles. The summed E-state index contributed by atoms with van der Waals surface area (Å²) >= 11 is 5.37. The molecule has 0 unspecified atom stereocenters. The maximum atomic E-state index is 5.66. The largest absolute Gasteiger partial charge is 0.429 e. The maximum absolute atomic E-state index is 5.66. The van der Waals surface area contributed by atoms with E-state index in [1.165, 1.54) is 0 Å². The molecule has 1 aromatic carbocycles. The van der Waals surface area contributed by atoms with Crippen molar-refractivity contribution in [1.82, 2.24) is 14.5 Å². The fourth-order valence-corrected chi connectivity index (χ4v) is 3.25. The molecule has 0 amide bonds. The number of para-hydroxylation sites is 2. The summed E-state index contributed by atoms with van der Waals surface area (Å²) in [6, 6.07) is 14.0. The smallest absolute Gasteiger partial charge is 0.270 e. The van der Waals surface area contributed by atoms with Crippen LogP contribution in [0.15, 0.2) is 53.1 Å². The van der Waals surface area contributed by atoms with E-state index in [1.54, 1.807) is 0 Å². The molecule has 2 aromatic heterocycles. The maximum Gasteiger partial charge on any atom is 0.270 e. The first-order valence-electron chi connectivity index (χ1n) is 7.78. The summed E-state index contributed by atoms with van der Waals surface area (Å²) in [5.74, 6) is 1.05. The second kappa shape index (κ2) is 6.14. The van der Waals surface area contributed by atoms with E-state index >= 15 is 0 Å². The summed E-state index contributed by atoms with van der Waals surface area (Å²) in [4.78, 5) is 9.69. The van der Waals surface area contributed by atoms with Crippen molar-refractivity contribution in [3.63, 3.8) is 0 Å². The Morgan fingerprint density at radius 1 is 1.00 bits per heavy atom. The monoisotopic (exact) mass is 326 g/mol. The normalized spacial score (nSPS) is 16.1. The molecule has 0 atom stereocenters. The third-order valence-corrected chi connectivity index (χ3v) is 4.56. The molecule has 1 saturated heterocycles. The topological polar surface area (TPSA) is 37.4 Å². The van der Waals surface area contributed by atoms with E-state index in [0.717, 1.165) is 49.8 Å². The molecule has 0 aliphatic carbocycles. The zero-order valence-corrected chi connectivity index (χ0v) is 13.6. The number of benzene rings is 1. The van der Waals surface area contributed by atoms with E-state index in [1.807, 2.05) is 36.5 Å². The van der Waals surface area contributed by atoms with Crippen LogP contribution in [0.4, 0.5) is 5.82 Å². The van der Waals surface area contributed by atoms with Crippen LogP contribution in [0.5, 0.6) is 0 Å². The second-order valence-electron chi connectivity index (χ2n) is 5.70. The predicted octanol–water partition coefficient (Wildman–Crippen LogP) is 3.14. The lowest BCUT2D eigenvalue weighted by Crippen LogP contribution is -2.47. The van der Waals surface area contributed by atoms with Gasteiger partial charge in [0, 0.05) is 32.4 Å². The van der Waals surface area contributed by atoms with Crippen LogP contribution < -0.4 is 4.90 Å². The van der Waals surface area contributed by atoms with Gasteiger partial charge < -0.3 is 9.32 Å². The highest BCUT2D eigenvalue weighted by Crippen LogP contribution is 2.19. The molecule has 6 heteroatoms. The minimum atomic E-state index is 0.540. The molecule has 0 radical (unpaired) electrons. The van der Waals surface area contributed by atoms with Crippen LogP contribution in [-0.4, -0.2) is 40.6 Å². The Labute approximate surface area is 139 Å². The van der Waals surface area contributed by atoms with Crippen molar-refractivity contribution in [3.8, 4) is 0 Å². The Bertz CT molecular complexity index is 850. The minimum Gasteiger partial charge on any atom is -0.429 e. The fourth-order valence-electron chi connectivity index (χ4n) is 3.01. The van der Waals surface area contributed by atoms with Gasteiger partial charge in [-0.25, -0.2) is 4.98 Å². The number of oxazole rings is 1. The van der Waals surface area contributed by atoms with E-state index in [-0.39, 0.29) is 0 Å². The van der Waals surface area contributed by atoms with E-state index in [4.69, 9.17) is 16.6 Å². The highest BCUT2D eigenvalue weighted by atomic mass is 32.1. The summed E-state index contributed by atoms with van der Waals surface area (Å²) in [6.07, 6.45) is 1.85. The van der Waals surface area contributed by atoms with Crippen molar-refractivity contribution in [3.05, 3.63) is 53.5 Å². The Kier molecular flexibility index (Phi) is 3.85. The Morgan fingerprint density at radius 2 is 1.78 bits per heavy atom. The summed E-state index contributed by atoms with van der Waals surface area (Å²) in [5, 5.41) is 0. The Hall–Kier alpha value is -2.18. The molecule has 5 nitrogen and oxygen atoms in total. The molecule has 23 heavy (non-hydrogen) atoms. The van der Waals surface area contributed by atoms with E-state index in [2.05, 4.69) is 31.5 Å². The first kappa shape index (κ1) is 14.4. The highest BCUT2D eigenvalue weighted by Gasteiger charge is 2.19. The molecule has 3 aromatic rings. The third kappa shape index (κ3) is 2.87. The number of fused-ring (bicyclic) bond motifs is 1. The molecule has 4 rings (SSSR count). The van der Waals surface area contributed by atoms with Gasteiger partial charge in [-0.05, 0) is 36.5 Å². The van der Waals surface area contributed by atoms with Gasteiger partial charge in [-0.15, -0.1) is 0 Å². The first-order valence-corrected chi connectivity index (χ1v) is 8.19. The van der Waals surface area contributed by atoms with Crippen molar-refractivity contribution >= 4 is 29.1 Å². The van der Waals surface area contributed by atoms with Crippen molar-refractivity contribution < 1.29 is 4.42 Å². The summed E-state index contributed by atoms with van der Waals surface area (Å²) in [6.45, 7) is 4.68. The summed E-state index contributed by atoms with van der Waals surface area (Å²) < 4.78 is 7.73. The van der Waals surface area contributed by atoms with Gasteiger partial charge in [-0.2, -0.15) is 0 Å². The molecule has 0 bridgehead atoms. The summed E-state index contributed by atoms with van der Waals surface area (Å²) in [7, 11) is 0. The van der Waals surface area contributed by atoms with Crippen LogP contribution in [0.25, 0.3) is 11.1 Å². The number of anilines is 1. The number of nitrogens with zero attached hydrogens (tertiary/aromatic N) is 4. The summed E-state index contributed by atoms with van der Waals surface area (Å²) in [5.41, 5.74) is 1.91. The lowest BCUT2D eigenvalue weighted by Gasteiger charge is -2.35. The third-order valence-electron chi connectivity index (χ3n) is 4.26. The molecular weight excluding hydrogens is 308 g/mol. The van der Waals surface area contributed by atoms with Crippen molar-refractivity contribution in [2.75, 3.05) is 31.1 Å². The van der Waals surface area contributed by atoms with Gasteiger partial charge in [0.1, 0.15) is 5.82 Å². The lowest BCUT2D eigenvalue weighted by atomic mass is 10.3. The predicted molar refractivity (Wildman–Crippen MR) is 93.1 cm³/mol. The molecule has 0 spiro atoms. The Morgan fingerprint density at radius 3 is 2.57 bits per heavy atom. The number of rotatable bonds is 3. The second-order valence-corrected chi connectivity index (χ2v) is 6.05. The standard InChI is InChI=1S/C17H18N4OS/c23-17-21(14-5-1-2-6-15(14)22-17)13-19-9-11-20(12-10-19)16-7-3-4-8-18-16/h1-8H,9-13H2. The van der Waals surface area contributed by atoms with Gasteiger partial charge in [0.15, 0.2) is 5.58 Å². The number of aromatic nitrogens is 2. The SMILES string of the molecule is S=c1oc2ccccc2n1CN1CCN(c2ccccn2)CC1. The zero-order valence-electron chi connectivity index (χ0n) is 12.8. The quantitative estimate of drug-likeness (QED) is 0.691. The van der Waals surface area contributed by atoms with Gasteiger partial charge in [0.2, 0.25) is 0 Å². The molecular formula is C17H18N4OS. The number of piperazine rings is 1.